The first-order valence-corrected chi connectivity index (χ1v) is 6.95. The van der Waals surface area contributed by atoms with Gasteiger partial charge in [-0.05, 0) is 17.7 Å². The lowest BCUT2D eigenvalue weighted by molar-refractivity contribution is -0.143. The molecule has 0 amide bonds. The van der Waals surface area contributed by atoms with E-state index in [2.05, 4.69) is 0 Å². The molecule has 100 valence electrons. The average molecular weight is 272 g/mol. The smallest absolute Gasteiger partial charge is 0.307 e. The fourth-order valence-electron chi connectivity index (χ4n) is 1.32. The van der Waals surface area contributed by atoms with Crippen LogP contribution >= 0.6 is 0 Å². The van der Waals surface area contributed by atoms with Crippen molar-refractivity contribution in [2.45, 2.75) is 17.7 Å². The lowest BCUT2D eigenvalue weighted by atomic mass is 10.2. The maximum Gasteiger partial charge on any atom is 0.307 e. The van der Waals surface area contributed by atoms with E-state index in [1.54, 1.807) is 12.1 Å². The molecule has 0 aliphatic carbocycles. The fourth-order valence-corrected chi connectivity index (χ4v) is 1.83. The third-order valence-electron chi connectivity index (χ3n) is 2.25. The minimum atomic E-state index is -3.66. The van der Waals surface area contributed by atoms with Crippen molar-refractivity contribution in [3.05, 3.63) is 29.8 Å². The first kappa shape index (κ1) is 14.6. The number of sulfonamides is 1. The van der Waals surface area contributed by atoms with Gasteiger partial charge in [-0.3, -0.25) is 4.79 Å². The minimum absolute atomic E-state index is 0.0615. The SMILES string of the molecule is NCCC(=O)OCCc1ccc(S(N)(=O)=O)cc1. The van der Waals surface area contributed by atoms with E-state index in [-0.39, 0.29) is 30.4 Å². The summed E-state index contributed by atoms with van der Waals surface area (Å²) in [6.07, 6.45) is 0.714. The molecular formula is C11H16N2O4S. The lowest BCUT2D eigenvalue weighted by Gasteiger charge is -2.05. The molecule has 0 saturated carbocycles. The molecule has 7 heteroatoms. The molecule has 0 fully saturated rings. The molecule has 0 spiro atoms. The third-order valence-corrected chi connectivity index (χ3v) is 3.18. The first-order valence-electron chi connectivity index (χ1n) is 5.41. The van der Waals surface area contributed by atoms with Gasteiger partial charge in [0.2, 0.25) is 10.0 Å². The predicted octanol–water partition coefficient (Wildman–Crippen LogP) is -0.231. The number of hydrogen-bond donors (Lipinski definition) is 2. The average Bonchev–Trinajstić information content (AvgIpc) is 2.29. The van der Waals surface area contributed by atoms with Gasteiger partial charge in [-0.25, -0.2) is 13.6 Å². The summed E-state index contributed by atoms with van der Waals surface area (Å²) in [5, 5.41) is 4.97. The fraction of sp³-hybridized carbons (Fsp3) is 0.364. The van der Waals surface area contributed by atoms with Gasteiger partial charge in [-0.2, -0.15) is 0 Å². The zero-order chi connectivity index (χ0) is 13.6. The Morgan fingerprint density at radius 2 is 1.83 bits per heavy atom. The van der Waals surface area contributed by atoms with Crippen molar-refractivity contribution < 1.29 is 17.9 Å². The number of rotatable bonds is 6. The van der Waals surface area contributed by atoms with Gasteiger partial charge in [0.25, 0.3) is 0 Å². The van der Waals surface area contributed by atoms with E-state index in [1.807, 2.05) is 0 Å². The molecule has 1 aromatic carbocycles. The monoisotopic (exact) mass is 272 g/mol. The highest BCUT2D eigenvalue weighted by atomic mass is 32.2. The molecule has 0 heterocycles. The Balaban J connectivity index is 2.47. The normalized spacial score (nSPS) is 11.2. The Kier molecular flexibility index (Phi) is 5.26. The second-order valence-electron chi connectivity index (χ2n) is 3.70. The van der Waals surface area contributed by atoms with Crippen molar-refractivity contribution in [1.82, 2.24) is 0 Å². The van der Waals surface area contributed by atoms with Crippen LogP contribution in [0.1, 0.15) is 12.0 Å². The Morgan fingerprint density at radius 3 is 2.33 bits per heavy atom. The summed E-state index contributed by atoms with van der Waals surface area (Å²) in [5.41, 5.74) is 6.06. The van der Waals surface area contributed by atoms with E-state index in [0.717, 1.165) is 5.56 Å². The third kappa shape index (κ3) is 4.82. The minimum Gasteiger partial charge on any atom is -0.465 e. The van der Waals surface area contributed by atoms with Crippen molar-refractivity contribution >= 4 is 16.0 Å². The van der Waals surface area contributed by atoms with Gasteiger partial charge in [0, 0.05) is 13.0 Å². The summed E-state index contributed by atoms with van der Waals surface area (Å²) in [6, 6.07) is 6.12. The molecule has 0 aliphatic rings. The van der Waals surface area contributed by atoms with Gasteiger partial charge in [0.15, 0.2) is 0 Å². The zero-order valence-corrected chi connectivity index (χ0v) is 10.7. The Bertz CT molecular complexity index is 496. The van der Waals surface area contributed by atoms with Crippen LogP contribution in [-0.2, 0) is 26.0 Å². The molecule has 0 saturated heterocycles. The summed E-state index contributed by atoms with van der Waals surface area (Å²) < 4.78 is 27.0. The molecule has 0 radical (unpaired) electrons. The van der Waals surface area contributed by atoms with Gasteiger partial charge in [-0.1, -0.05) is 12.1 Å². The highest BCUT2D eigenvalue weighted by molar-refractivity contribution is 7.89. The van der Waals surface area contributed by atoms with Crippen molar-refractivity contribution in [3.63, 3.8) is 0 Å². The number of ether oxygens (including phenoxy) is 1. The Labute approximate surface area is 106 Å². The predicted molar refractivity (Wildman–Crippen MR) is 66.1 cm³/mol. The first-order chi connectivity index (χ1) is 8.43. The number of hydrogen-bond acceptors (Lipinski definition) is 5. The highest BCUT2D eigenvalue weighted by Crippen LogP contribution is 2.09. The molecular weight excluding hydrogens is 256 g/mol. The summed E-state index contributed by atoms with van der Waals surface area (Å²) in [7, 11) is -3.66. The highest BCUT2D eigenvalue weighted by Gasteiger charge is 2.07. The van der Waals surface area contributed by atoms with Gasteiger partial charge in [-0.15, -0.1) is 0 Å². The zero-order valence-electron chi connectivity index (χ0n) is 9.83. The van der Waals surface area contributed by atoms with Crippen LogP contribution in [0.15, 0.2) is 29.2 Å². The topological polar surface area (TPSA) is 112 Å². The van der Waals surface area contributed by atoms with Crippen LogP contribution in [-0.4, -0.2) is 27.5 Å². The van der Waals surface area contributed by atoms with Gasteiger partial charge >= 0.3 is 5.97 Å². The quantitative estimate of drug-likeness (QED) is 0.694. The van der Waals surface area contributed by atoms with Crippen LogP contribution in [0.4, 0.5) is 0 Å². The van der Waals surface area contributed by atoms with Crippen LogP contribution < -0.4 is 10.9 Å². The molecule has 0 unspecified atom stereocenters. The summed E-state index contributed by atoms with van der Waals surface area (Å²) in [6.45, 7) is 0.509. The van der Waals surface area contributed by atoms with Crippen LogP contribution in [0.5, 0.6) is 0 Å². The van der Waals surface area contributed by atoms with E-state index in [0.29, 0.717) is 6.42 Å². The van der Waals surface area contributed by atoms with Crippen molar-refractivity contribution in [2.75, 3.05) is 13.2 Å². The standard InChI is InChI=1S/C11H16N2O4S/c12-7-5-11(14)17-8-6-9-1-3-10(4-2-9)18(13,15)16/h1-4H,5-8,12H2,(H2,13,15,16). The van der Waals surface area contributed by atoms with Crippen molar-refractivity contribution in [1.29, 1.82) is 0 Å². The number of nitrogens with two attached hydrogens (primary N) is 2. The molecule has 1 rings (SSSR count). The summed E-state index contributed by atoms with van der Waals surface area (Å²) in [5.74, 6) is -0.335. The second-order valence-corrected chi connectivity index (χ2v) is 5.26. The molecule has 0 aliphatic heterocycles. The molecule has 0 aromatic heterocycles. The number of benzene rings is 1. The Morgan fingerprint density at radius 1 is 1.22 bits per heavy atom. The van der Waals surface area contributed by atoms with Crippen LogP contribution in [0, 0.1) is 0 Å². The van der Waals surface area contributed by atoms with Gasteiger partial charge < -0.3 is 10.5 Å². The lowest BCUT2D eigenvalue weighted by Crippen LogP contribution is -2.13. The van der Waals surface area contributed by atoms with Crippen LogP contribution in [0.3, 0.4) is 0 Å². The molecule has 4 N–H and O–H groups in total. The van der Waals surface area contributed by atoms with Crippen LogP contribution in [0.25, 0.3) is 0 Å². The molecule has 6 nitrogen and oxygen atoms in total. The van der Waals surface area contributed by atoms with E-state index in [9.17, 15) is 13.2 Å². The maximum absolute atomic E-state index is 11.0. The number of carbonyl (C=O) groups excluding carboxylic acids is 1. The largest absolute Gasteiger partial charge is 0.465 e. The molecule has 1 aromatic rings. The summed E-state index contributed by atoms with van der Waals surface area (Å²) in [4.78, 5) is 11.1. The molecule has 18 heavy (non-hydrogen) atoms. The van der Waals surface area contributed by atoms with Crippen molar-refractivity contribution in [2.24, 2.45) is 10.9 Å². The van der Waals surface area contributed by atoms with Gasteiger partial charge in [0.05, 0.1) is 17.9 Å². The summed E-state index contributed by atoms with van der Waals surface area (Å²) >= 11 is 0. The number of carbonyl (C=O) groups is 1. The molecule has 0 bridgehead atoms. The molecule has 0 atom stereocenters. The number of primary sulfonamides is 1. The van der Waals surface area contributed by atoms with E-state index >= 15 is 0 Å². The van der Waals surface area contributed by atoms with E-state index in [1.165, 1.54) is 12.1 Å². The second kappa shape index (κ2) is 6.48. The Hall–Kier alpha value is -1.44. The van der Waals surface area contributed by atoms with Gasteiger partial charge in [0.1, 0.15) is 0 Å². The number of esters is 1. The van der Waals surface area contributed by atoms with E-state index < -0.39 is 10.0 Å². The van der Waals surface area contributed by atoms with Crippen LogP contribution in [0.2, 0.25) is 0 Å². The van der Waals surface area contributed by atoms with Crippen molar-refractivity contribution in [3.8, 4) is 0 Å². The van der Waals surface area contributed by atoms with E-state index in [4.69, 9.17) is 15.6 Å². The maximum atomic E-state index is 11.0.